The summed E-state index contributed by atoms with van der Waals surface area (Å²) in [4.78, 5) is 17.7. The van der Waals surface area contributed by atoms with Gasteiger partial charge in [-0.3, -0.25) is 0 Å². The normalized spacial score (nSPS) is 17.1. The Morgan fingerprint density at radius 1 is 1.26 bits per heavy atom. The van der Waals surface area contributed by atoms with E-state index < -0.39 is 0 Å². The SMILES string of the molecule is COc1cccc([C@@H]2CN(C(=O)NCc3cc4ccccc4[nH]3)CCO2)c1. The maximum absolute atomic E-state index is 12.6. The molecule has 6 nitrogen and oxygen atoms in total. The molecule has 0 unspecified atom stereocenters. The second-order valence-electron chi connectivity index (χ2n) is 6.62. The summed E-state index contributed by atoms with van der Waals surface area (Å²) in [5.41, 5.74) is 3.08. The number of nitrogens with one attached hydrogen (secondary N) is 2. The number of nitrogens with zero attached hydrogens (tertiary/aromatic N) is 1. The molecule has 27 heavy (non-hydrogen) atoms. The van der Waals surface area contributed by atoms with Gasteiger partial charge in [0.05, 0.1) is 26.8 Å². The number of H-pyrrole nitrogens is 1. The number of aromatic nitrogens is 1. The van der Waals surface area contributed by atoms with Crippen molar-refractivity contribution in [3.05, 3.63) is 65.9 Å². The fourth-order valence-corrected chi connectivity index (χ4v) is 3.39. The minimum Gasteiger partial charge on any atom is -0.497 e. The number of hydrogen-bond donors (Lipinski definition) is 2. The first kappa shape index (κ1) is 17.4. The zero-order valence-electron chi connectivity index (χ0n) is 15.3. The van der Waals surface area contributed by atoms with Gasteiger partial charge in [-0.05, 0) is 35.2 Å². The van der Waals surface area contributed by atoms with Crippen LogP contribution in [0.3, 0.4) is 0 Å². The Morgan fingerprint density at radius 3 is 3.00 bits per heavy atom. The van der Waals surface area contributed by atoms with Crippen molar-refractivity contribution in [1.29, 1.82) is 0 Å². The molecule has 0 radical (unpaired) electrons. The van der Waals surface area contributed by atoms with Gasteiger partial charge in [-0.15, -0.1) is 0 Å². The van der Waals surface area contributed by atoms with E-state index >= 15 is 0 Å². The highest BCUT2D eigenvalue weighted by Gasteiger charge is 2.25. The largest absolute Gasteiger partial charge is 0.497 e. The maximum atomic E-state index is 12.6. The third-order valence-corrected chi connectivity index (χ3v) is 4.84. The molecule has 2 N–H and O–H groups in total. The average Bonchev–Trinajstić information content (AvgIpc) is 3.15. The van der Waals surface area contributed by atoms with E-state index in [9.17, 15) is 4.79 Å². The van der Waals surface area contributed by atoms with Crippen LogP contribution in [-0.2, 0) is 11.3 Å². The van der Waals surface area contributed by atoms with E-state index in [2.05, 4.69) is 22.4 Å². The van der Waals surface area contributed by atoms with Crippen molar-refractivity contribution in [2.24, 2.45) is 0 Å². The van der Waals surface area contributed by atoms with Gasteiger partial charge in [-0.25, -0.2) is 4.79 Å². The first-order chi connectivity index (χ1) is 13.2. The molecule has 2 aromatic carbocycles. The predicted octanol–water partition coefficient (Wildman–Crippen LogP) is 3.46. The summed E-state index contributed by atoms with van der Waals surface area (Å²) in [6.07, 6.45) is -0.146. The number of aromatic amines is 1. The van der Waals surface area contributed by atoms with E-state index in [4.69, 9.17) is 9.47 Å². The van der Waals surface area contributed by atoms with Crippen molar-refractivity contribution in [2.45, 2.75) is 12.6 Å². The van der Waals surface area contributed by atoms with Crippen LogP contribution < -0.4 is 10.1 Å². The van der Waals surface area contributed by atoms with Crippen LogP contribution >= 0.6 is 0 Å². The Kier molecular flexibility index (Phi) is 4.98. The molecule has 1 aromatic heterocycles. The van der Waals surface area contributed by atoms with E-state index in [1.807, 2.05) is 42.5 Å². The maximum Gasteiger partial charge on any atom is 0.317 e. The molecule has 2 heterocycles. The highest BCUT2D eigenvalue weighted by atomic mass is 16.5. The fraction of sp³-hybridized carbons (Fsp3) is 0.286. The number of rotatable bonds is 4. The lowest BCUT2D eigenvalue weighted by Crippen LogP contribution is -2.47. The monoisotopic (exact) mass is 365 g/mol. The standard InChI is InChI=1S/C21H23N3O3/c1-26-18-7-4-6-16(12-18)20-14-24(9-10-27-20)21(25)22-13-17-11-15-5-2-3-8-19(15)23-17/h2-8,11-12,20,23H,9-10,13-14H2,1H3,(H,22,25)/t20-/m0/s1. The van der Waals surface area contributed by atoms with Gasteiger partial charge in [-0.1, -0.05) is 30.3 Å². The Bertz CT molecular complexity index is 904. The number of amides is 2. The summed E-state index contributed by atoms with van der Waals surface area (Å²) >= 11 is 0. The van der Waals surface area contributed by atoms with Crippen LogP contribution in [0.25, 0.3) is 10.9 Å². The molecule has 6 heteroatoms. The van der Waals surface area contributed by atoms with Gasteiger partial charge < -0.3 is 24.7 Å². The van der Waals surface area contributed by atoms with E-state index in [1.165, 1.54) is 0 Å². The van der Waals surface area contributed by atoms with Crippen LogP contribution in [-0.4, -0.2) is 42.7 Å². The number of methoxy groups -OCH3 is 1. The third kappa shape index (κ3) is 3.90. The van der Waals surface area contributed by atoms with Crippen LogP contribution in [0.2, 0.25) is 0 Å². The first-order valence-corrected chi connectivity index (χ1v) is 9.08. The fourth-order valence-electron chi connectivity index (χ4n) is 3.39. The minimum atomic E-state index is -0.146. The zero-order valence-corrected chi connectivity index (χ0v) is 15.3. The van der Waals surface area contributed by atoms with Gasteiger partial charge in [0.15, 0.2) is 0 Å². The number of hydrogen-bond acceptors (Lipinski definition) is 3. The van der Waals surface area contributed by atoms with Gasteiger partial charge in [0.25, 0.3) is 0 Å². The quantitative estimate of drug-likeness (QED) is 0.744. The van der Waals surface area contributed by atoms with Gasteiger partial charge >= 0.3 is 6.03 Å². The van der Waals surface area contributed by atoms with E-state index in [1.54, 1.807) is 12.0 Å². The Hall–Kier alpha value is -2.99. The van der Waals surface area contributed by atoms with Crippen LogP contribution in [0.15, 0.2) is 54.6 Å². The van der Waals surface area contributed by atoms with E-state index in [-0.39, 0.29) is 12.1 Å². The molecule has 0 aliphatic carbocycles. The first-order valence-electron chi connectivity index (χ1n) is 9.08. The lowest BCUT2D eigenvalue weighted by molar-refractivity contribution is -0.0155. The Labute approximate surface area is 158 Å². The second kappa shape index (κ2) is 7.72. The van der Waals surface area contributed by atoms with E-state index in [0.717, 1.165) is 27.9 Å². The molecule has 1 aliphatic heterocycles. The molecule has 1 atom stereocenters. The molecule has 1 fully saturated rings. The van der Waals surface area contributed by atoms with Crippen molar-refractivity contribution in [3.8, 4) is 5.75 Å². The van der Waals surface area contributed by atoms with Crippen LogP contribution in [0.4, 0.5) is 4.79 Å². The second-order valence-corrected chi connectivity index (χ2v) is 6.62. The Balaban J connectivity index is 1.38. The summed E-state index contributed by atoms with van der Waals surface area (Å²) < 4.78 is 11.1. The van der Waals surface area contributed by atoms with Crippen LogP contribution in [0.5, 0.6) is 5.75 Å². The number of benzene rings is 2. The van der Waals surface area contributed by atoms with Crippen LogP contribution in [0, 0.1) is 0 Å². The molecule has 1 aliphatic rings. The average molecular weight is 365 g/mol. The van der Waals surface area contributed by atoms with Gasteiger partial charge in [0, 0.05) is 17.8 Å². The van der Waals surface area contributed by atoms with E-state index in [0.29, 0.717) is 26.2 Å². The molecule has 3 aromatic rings. The molecular weight excluding hydrogens is 342 g/mol. The molecule has 0 spiro atoms. The number of morpholine rings is 1. The third-order valence-electron chi connectivity index (χ3n) is 4.84. The minimum absolute atomic E-state index is 0.0788. The van der Waals surface area contributed by atoms with Crippen molar-refractivity contribution in [1.82, 2.24) is 15.2 Å². The number of carbonyl (C=O) groups excluding carboxylic acids is 1. The van der Waals surface area contributed by atoms with Gasteiger partial charge in [-0.2, -0.15) is 0 Å². The molecule has 0 bridgehead atoms. The topological polar surface area (TPSA) is 66.6 Å². The van der Waals surface area contributed by atoms with Gasteiger partial charge in [0.2, 0.25) is 0 Å². The highest BCUT2D eigenvalue weighted by molar-refractivity contribution is 5.80. The number of carbonyl (C=O) groups is 1. The van der Waals surface area contributed by atoms with Crippen LogP contribution in [0.1, 0.15) is 17.4 Å². The molecular formula is C21H23N3O3. The molecule has 1 saturated heterocycles. The smallest absolute Gasteiger partial charge is 0.317 e. The number of urea groups is 1. The van der Waals surface area contributed by atoms with Gasteiger partial charge in [0.1, 0.15) is 11.9 Å². The zero-order chi connectivity index (χ0) is 18.6. The molecule has 4 rings (SSSR count). The van der Waals surface area contributed by atoms with Crippen molar-refractivity contribution >= 4 is 16.9 Å². The highest BCUT2D eigenvalue weighted by Crippen LogP contribution is 2.25. The predicted molar refractivity (Wildman–Crippen MR) is 104 cm³/mol. The summed E-state index contributed by atoms with van der Waals surface area (Å²) in [6, 6.07) is 17.9. The van der Waals surface area contributed by atoms with Crippen molar-refractivity contribution < 1.29 is 14.3 Å². The number of ether oxygens (including phenoxy) is 2. The van der Waals surface area contributed by atoms with Crippen molar-refractivity contribution in [3.63, 3.8) is 0 Å². The van der Waals surface area contributed by atoms with Crippen molar-refractivity contribution in [2.75, 3.05) is 26.8 Å². The number of fused-ring (bicyclic) bond motifs is 1. The Morgan fingerprint density at radius 2 is 2.15 bits per heavy atom. The summed E-state index contributed by atoms with van der Waals surface area (Å²) in [5, 5.41) is 4.14. The lowest BCUT2D eigenvalue weighted by atomic mass is 10.1. The molecule has 140 valence electrons. The molecule has 2 amide bonds. The lowest BCUT2D eigenvalue weighted by Gasteiger charge is -2.33. The summed E-state index contributed by atoms with van der Waals surface area (Å²) in [6.45, 7) is 2.08. The number of para-hydroxylation sites is 1. The summed E-state index contributed by atoms with van der Waals surface area (Å²) in [5.74, 6) is 0.788. The molecule has 0 saturated carbocycles. The summed E-state index contributed by atoms with van der Waals surface area (Å²) in [7, 11) is 1.64.